The van der Waals surface area contributed by atoms with Gasteiger partial charge in [0.1, 0.15) is 0 Å². The van der Waals surface area contributed by atoms with Gasteiger partial charge in [-0.25, -0.2) is 0 Å². The van der Waals surface area contributed by atoms with Crippen molar-refractivity contribution in [2.45, 2.75) is 64.9 Å². The summed E-state index contributed by atoms with van der Waals surface area (Å²) in [7, 11) is 0. The molecule has 0 atom stereocenters. The van der Waals surface area contributed by atoms with E-state index in [4.69, 9.17) is 4.74 Å². The Bertz CT molecular complexity index is 1050. The minimum atomic E-state index is 0.681. The van der Waals surface area contributed by atoms with E-state index in [2.05, 4.69) is 91.5 Å². The van der Waals surface area contributed by atoms with E-state index in [1.165, 1.54) is 46.2 Å². The Kier molecular flexibility index (Phi) is 12.6. The van der Waals surface area contributed by atoms with Crippen LogP contribution in [0.25, 0.3) is 0 Å². The summed E-state index contributed by atoms with van der Waals surface area (Å²) in [5, 5.41) is 0. The molecule has 0 spiro atoms. The molecule has 0 aliphatic carbocycles. The van der Waals surface area contributed by atoms with Crippen molar-refractivity contribution in [2.75, 3.05) is 6.61 Å². The fraction of sp³-hybridized carbons (Fsp3) is 0.314. The average Bonchev–Trinajstić information content (AvgIpc) is 2.92. The molecule has 0 amide bonds. The van der Waals surface area contributed by atoms with Gasteiger partial charge in [-0.2, -0.15) is 0 Å². The van der Waals surface area contributed by atoms with Crippen LogP contribution < -0.4 is 0 Å². The van der Waals surface area contributed by atoms with Gasteiger partial charge >= 0.3 is 0 Å². The normalized spacial score (nSPS) is 11.5. The van der Waals surface area contributed by atoms with E-state index in [9.17, 15) is 0 Å². The number of hydrogen-bond acceptors (Lipinski definition) is 1. The Morgan fingerprint density at radius 2 is 1.03 bits per heavy atom. The Hall–Kier alpha value is -3.16. The smallest absolute Gasteiger partial charge is 0.0721 e. The van der Waals surface area contributed by atoms with E-state index >= 15 is 0 Å². The van der Waals surface area contributed by atoms with Gasteiger partial charge in [0.25, 0.3) is 0 Å². The zero-order valence-electron chi connectivity index (χ0n) is 22.0. The van der Waals surface area contributed by atoms with Gasteiger partial charge in [-0.3, -0.25) is 0 Å². The van der Waals surface area contributed by atoms with Crippen molar-refractivity contribution in [2.24, 2.45) is 0 Å². The van der Waals surface area contributed by atoms with Crippen molar-refractivity contribution in [1.29, 1.82) is 0 Å². The van der Waals surface area contributed by atoms with Gasteiger partial charge in [0.05, 0.1) is 13.2 Å². The Morgan fingerprint density at radius 1 is 0.583 bits per heavy atom. The highest BCUT2D eigenvalue weighted by Gasteiger charge is 1.99. The van der Waals surface area contributed by atoms with Crippen molar-refractivity contribution in [3.8, 4) is 0 Å². The fourth-order valence-corrected chi connectivity index (χ4v) is 4.19. The summed E-state index contributed by atoms with van der Waals surface area (Å²) in [5.74, 6) is 0. The Morgan fingerprint density at radius 3 is 1.50 bits per heavy atom. The molecule has 0 saturated carbocycles. The van der Waals surface area contributed by atoms with Gasteiger partial charge in [-0.1, -0.05) is 103 Å². The summed E-state index contributed by atoms with van der Waals surface area (Å²) in [5.41, 5.74) is 8.23. The van der Waals surface area contributed by atoms with Crippen LogP contribution in [0, 0.1) is 0 Å². The lowest BCUT2D eigenvalue weighted by molar-refractivity contribution is 0.148. The summed E-state index contributed by atoms with van der Waals surface area (Å²) in [6.45, 7) is 7.18. The molecule has 0 fully saturated rings. The SMILES string of the molecule is C=CCCc1ccc(CC=CCc2ccc(CCCCc3ccc(COCC=CC)cc3)cc2)cc1. The third-order valence-electron chi connectivity index (χ3n) is 6.48. The predicted molar refractivity (Wildman–Crippen MR) is 156 cm³/mol. The summed E-state index contributed by atoms with van der Waals surface area (Å²) >= 11 is 0. The minimum Gasteiger partial charge on any atom is -0.373 e. The van der Waals surface area contributed by atoms with E-state index in [0.29, 0.717) is 13.2 Å². The molecule has 0 unspecified atom stereocenters. The third kappa shape index (κ3) is 10.6. The molecule has 188 valence electrons. The monoisotopic (exact) mass is 478 g/mol. The molecule has 0 aliphatic heterocycles. The van der Waals surface area contributed by atoms with Crippen molar-refractivity contribution in [1.82, 2.24) is 0 Å². The molecular weight excluding hydrogens is 436 g/mol. The highest BCUT2D eigenvalue weighted by molar-refractivity contribution is 5.27. The van der Waals surface area contributed by atoms with Gasteiger partial charge < -0.3 is 4.74 Å². The summed E-state index contributed by atoms with van der Waals surface area (Å²) < 4.78 is 5.62. The van der Waals surface area contributed by atoms with Crippen LogP contribution in [0.5, 0.6) is 0 Å². The number of allylic oxidation sites excluding steroid dienone is 4. The third-order valence-corrected chi connectivity index (χ3v) is 6.48. The predicted octanol–water partition coefficient (Wildman–Crippen LogP) is 8.80. The number of hydrogen-bond donors (Lipinski definition) is 0. The van der Waals surface area contributed by atoms with E-state index in [1.54, 1.807) is 0 Å². The summed E-state index contributed by atoms with van der Waals surface area (Å²) in [6.07, 6.45) is 19.5. The number of ether oxygens (including phenoxy) is 1. The Balaban J connectivity index is 1.31. The van der Waals surface area contributed by atoms with Crippen LogP contribution in [0.15, 0.2) is 110 Å². The van der Waals surface area contributed by atoms with E-state index in [-0.39, 0.29) is 0 Å². The van der Waals surface area contributed by atoms with E-state index in [1.807, 2.05) is 25.2 Å². The fourth-order valence-electron chi connectivity index (χ4n) is 4.19. The van der Waals surface area contributed by atoms with Gasteiger partial charge in [-0.15, -0.1) is 6.58 Å². The minimum absolute atomic E-state index is 0.681. The first kappa shape index (κ1) is 27.4. The summed E-state index contributed by atoms with van der Waals surface area (Å²) in [6, 6.07) is 27.0. The molecular formula is C35H42O. The lowest BCUT2D eigenvalue weighted by Crippen LogP contribution is -1.94. The van der Waals surface area contributed by atoms with Crippen LogP contribution in [0.3, 0.4) is 0 Å². The van der Waals surface area contributed by atoms with Crippen LogP contribution in [0.4, 0.5) is 0 Å². The molecule has 36 heavy (non-hydrogen) atoms. The molecule has 0 N–H and O–H groups in total. The maximum absolute atomic E-state index is 5.62. The molecule has 3 aromatic rings. The van der Waals surface area contributed by atoms with Crippen molar-refractivity contribution < 1.29 is 4.74 Å². The van der Waals surface area contributed by atoms with Gasteiger partial charge in [0, 0.05) is 0 Å². The molecule has 0 saturated heterocycles. The highest BCUT2D eigenvalue weighted by atomic mass is 16.5. The first-order chi connectivity index (χ1) is 17.8. The lowest BCUT2D eigenvalue weighted by Gasteiger charge is -2.06. The average molecular weight is 479 g/mol. The Labute approximate surface area is 219 Å². The number of unbranched alkanes of at least 4 members (excludes halogenated alkanes) is 1. The van der Waals surface area contributed by atoms with Crippen molar-refractivity contribution in [3.63, 3.8) is 0 Å². The van der Waals surface area contributed by atoms with Gasteiger partial charge in [0.15, 0.2) is 0 Å². The molecule has 3 aromatic carbocycles. The second kappa shape index (κ2) is 16.5. The number of benzene rings is 3. The van der Waals surface area contributed by atoms with Crippen LogP contribution in [0.1, 0.15) is 59.6 Å². The topological polar surface area (TPSA) is 9.23 Å². The van der Waals surface area contributed by atoms with Crippen LogP contribution in [-0.4, -0.2) is 6.61 Å². The van der Waals surface area contributed by atoms with Crippen LogP contribution >= 0.6 is 0 Å². The standard InChI is InChI=1S/C35H42O/c1-3-5-11-30-16-18-31(19-17-30)12-7-8-13-32-20-22-33(23-21-32)14-9-10-15-34-24-26-35(27-25-34)29-36-28-6-4-2/h3-4,6-8,16-27H,1,5,9-15,28-29H2,2H3. The maximum Gasteiger partial charge on any atom is 0.0721 e. The largest absolute Gasteiger partial charge is 0.373 e. The van der Waals surface area contributed by atoms with Gasteiger partial charge in [0.2, 0.25) is 0 Å². The molecule has 0 heterocycles. The first-order valence-electron chi connectivity index (χ1n) is 13.4. The zero-order valence-corrected chi connectivity index (χ0v) is 22.0. The molecule has 0 aliphatic rings. The van der Waals surface area contributed by atoms with Crippen LogP contribution in [-0.2, 0) is 43.4 Å². The highest BCUT2D eigenvalue weighted by Crippen LogP contribution is 2.13. The van der Waals surface area contributed by atoms with Crippen molar-refractivity contribution >= 4 is 0 Å². The molecule has 0 radical (unpaired) electrons. The van der Waals surface area contributed by atoms with E-state index in [0.717, 1.165) is 38.5 Å². The molecule has 0 aromatic heterocycles. The zero-order chi connectivity index (χ0) is 25.3. The van der Waals surface area contributed by atoms with E-state index < -0.39 is 0 Å². The van der Waals surface area contributed by atoms with Crippen LogP contribution in [0.2, 0.25) is 0 Å². The maximum atomic E-state index is 5.62. The summed E-state index contributed by atoms with van der Waals surface area (Å²) in [4.78, 5) is 0. The lowest BCUT2D eigenvalue weighted by atomic mass is 10.0. The quantitative estimate of drug-likeness (QED) is 0.148. The first-order valence-corrected chi connectivity index (χ1v) is 13.4. The van der Waals surface area contributed by atoms with Crippen molar-refractivity contribution in [3.05, 3.63) is 143 Å². The number of rotatable bonds is 16. The number of aryl methyl sites for hydroxylation is 3. The molecule has 0 bridgehead atoms. The molecule has 1 nitrogen and oxygen atoms in total. The molecule has 3 rings (SSSR count). The molecule has 1 heteroatoms. The van der Waals surface area contributed by atoms with Gasteiger partial charge in [-0.05, 0) is 91.7 Å². The second-order valence-corrected chi connectivity index (χ2v) is 9.45. The second-order valence-electron chi connectivity index (χ2n) is 9.45.